The fourth-order valence-electron chi connectivity index (χ4n) is 3.45. The number of hydrogen-bond acceptors (Lipinski definition) is 6. The van der Waals surface area contributed by atoms with Gasteiger partial charge in [0.2, 0.25) is 5.91 Å². The van der Waals surface area contributed by atoms with Gasteiger partial charge in [-0.25, -0.2) is 4.79 Å². The maximum absolute atomic E-state index is 12.7. The molecular formula is C28H31N3O5. The van der Waals surface area contributed by atoms with Crippen LogP contribution < -0.4 is 21.1 Å². The second kappa shape index (κ2) is 13.0. The molecule has 0 bridgehead atoms. The van der Waals surface area contributed by atoms with E-state index in [1.54, 1.807) is 60.7 Å². The first kappa shape index (κ1) is 26.3. The highest BCUT2D eigenvalue weighted by Crippen LogP contribution is 2.30. The Kier molecular flexibility index (Phi) is 9.48. The minimum absolute atomic E-state index is 0.122. The Balaban J connectivity index is 1.77. The summed E-state index contributed by atoms with van der Waals surface area (Å²) in [6, 6.07) is 21.4. The number of anilines is 3. The summed E-state index contributed by atoms with van der Waals surface area (Å²) in [6.07, 6.45) is 1.70. The lowest BCUT2D eigenvalue weighted by atomic mass is 9.96. The van der Waals surface area contributed by atoms with Crippen LogP contribution in [0.2, 0.25) is 0 Å². The number of carbonyl (C=O) groups is 2. The molecule has 0 unspecified atom stereocenters. The maximum Gasteiger partial charge on any atom is 0.412 e. The average Bonchev–Trinajstić information content (AvgIpc) is 2.87. The Hall–Kier alpha value is -4.30. The number of aliphatic hydroxyl groups is 1. The molecular weight excluding hydrogens is 458 g/mol. The van der Waals surface area contributed by atoms with Gasteiger partial charge in [0, 0.05) is 11.6 Å². The monoisotopic (exact) mass is 489 g/mol. The second-order valence-electron chi connectivity index (χ2n) is 8.26. The quantitative estimate of drug-likeness (QED) is 0.233. The zero-order valence-electron chi connectivity index (χ0n) is 20.3. The summed E-state index contributed by atoms with van der Waals surface area (Å²) in [4.78, 5) is 25.2. The van der Waals surface area contributed by atoms with Crippen molar-refractivity contribution in [3.8, 4) is 5.75 Å². The molecule has 2 atom stereocenters. The number of benzene rings is 3. The van der Waals surface area contributed by atoms with E-state index < -0.39 is 12.2 Å². The van der Waals surface area contributed by atoms with Crippen LogP contribution in [0.15, 0.2) is 84.9 Å². The van der Waals surface area contributed by atoms with E-state index in [2.05, 4.69) is 10.6 Å². The number of nitrogens with one attached hydrogen (secondary N) is 2. The van der Waals surface area contributed by atoms with Gasteiger partial charge in [-0.3, -0.25) is 10.1 Å². The van der Waals surface area contributed by atoms with Crippen molar-refractivity contribution in [3.63, 3.8) is 0 Å². The minimum atomic E-state index is -0.723. The molecule has 36 heavy (non-hydrogen) atoms. The number of rotatable bonds is 10. The average molecular weight is 490 g/mol. The zero-order chi connectivity index (χ0) is 25.9. The molecule has 0 aromatic heterocycles. The summed E-state index contributed by atoms with van der Waals surface area (Å²) >= 11 is 0. The Morgan fingerprint density at radius 2 is 1.78 bits per heavy atom. The van der Waals surface area contributed by atoms with Crippen LogP contribution in [0.3, 0.4) is 0 Å². The van der Waals surface area contributed by atoms with E-state index in [1.807, 2.05) is 32.0 Å². The molecule has 0 saturated heterocycles. The number of ether oxygens (including phenoxy) is 2. The molecule has 0 heterocycles. The van der Waals surface area contributed by atoms with Gasteiger partial charge < -0.3 is 25.6 Å². The molecule has 3 aromatic carbocycles. The van der Waals surface area contributed by atoms with Crippen molar-refractivity contribution < 1.29 is 24.2 Å². The van der Waals surface area contributed by atoms with Crippen LogP contribution in [0.5, 0.6) is 5.75 Å². The number of carbonyl (C=O) groups excluding carboxylic acids is 2. The van der Waals surface area contributed by atoms with Crippen LogP contribution in [0.1, 0.15) is 24.2 Å². The molecule has 0 radical (unpaired) electrons. The molecule has 0 aliphatic rings. The highest BCUT2D eigenvalue weighted by Gasteiger charge is 2.23. The van der Waals surface area contributed by atoms with Gasteiger partial charge in [0.05, 0.1) is 18.0 Å². The van der Waals surface area contributed by atoms with Crippen molar-refractivity contribution >= 4 is 29.1 Å². The minimum Gasteiger partial charge on any atom is -0.491 e. The maximum atomic E-state index is 12.7. The Morgan fingerprint density at radius 1 is 1.03 bits per heavy atom. The molecule has 0 saturated carbocycles. The smallest absolute Gasteiger partial charge is 0.412 e. The van der Waals surface area contributed by atoms with Crippen molar-refractivity contribution in [1.82, 2.24) is 0 Å². The predicted molar refractivity (Wildman–Crippen MR) is 141 cm³/mol. The van der Waals surface area contributed by atoms with Crippen LogP contribution in [0.25, 0.3) is 0 Å². The molecule has 3 aromatic rings. The summed E-state index contributed by atoms with van der Waals surface area (Å²) in [5.74, 6) is -0.203. The third kappa shape index (κ3) is 7.89. The normalized spacial score (nSPS) is 12.5. The van der Waals surface area contributed by atoms with E-state index in [-0.39, 0.29) is 25.0 Å². The van der Waals surface area contributed by atoms with Gasteiger partial charge in [-0.2, -0.15) is 0 Å². The van der Waals surface area contributed by atoms with Crippen LogP contribution >= 0.6 is 0 Å². The van der Waals surface area contributed by atoms with E-state index in [0.29, 0.717) is 28.4 Å². The highest BCUT2D eigenvalue weighted by atomic mass is 16.6. The lowest BCUT2D eigenvalue weighted by molar-refractivity contribution is -0.111. The third-order valence-corrected chi connectivity index (χ3v) is 5.33. The van der Waals surface area contributed by atoms with Crippen molar-refractivity contribution in [2.45, 2.75) is 20.0 Å². The number of para-hydroxylation sites is 2. The summed E-state index contributed by atoms with van der Waals surface area (Å²) in [7, 11) is 0. The molecule has 5 N–H and O–H groups in total. The first-order valence-electron chi connectivity index (χ1n) is 11.6. The molecule has 0 aliphatic carbocycles. The van der Waals surface area contributed by atoms with Gasteiger partial charge in [0.25, 0.3) is 0 Å². The fourth-order valence-corrected chi connectivity index (χ4v) is 3.45. The summed E-state index contributed by atoms with van der Waals surface area (Å²) in [5, 5.41) is 14.5. The zero-order valence-corrected chi connectivity index (χ0v) is 20.3. The molecule has 8 heteroatoms. The number of amides is 2. The van der Waals surface area contributed by atoms with Crippen LogP contribution in [0.4, 0.5) is 21.9 Å². The van der Waals surface area contributed by atoms with E-state index in [9.17, 15) is 9.59 Å². The summed E-state index contributed by atoms with van der Waals surface area (Å²) in [5.41, 5.74) is 9.22. The van der Waals surface area contributed by atoms with Crippen LogP contribution in [0, 0.1) is 12.8 Å². The van der Waals surface area contributed by atoms with Crippen molar-refractivity contribution in [2.24, 2.45) is 5.92 Å². The summed E-state index contributed by atoms with van der Waals surface area (Å²) < 4.78 is 11.3. The van der Waals surface area contributed by atoms with Gasteiger partial charge in [0.1, 0.15) is 18.5 Å². The SMILES string of the molecule is Cc1ccc(NC(=O)O[C@H](c2cccc(OCCO)c2)[C@@H](C)/C=C/C(=O)Nc2ccccc2N)cc1. The van der Waals surface area contributed by atoms with E-state index in [4.69, 9.17) is 20.3 Å². The summed E-state index contributed by atoms with van der Waals surface area (Å²) in [6.45, 7) is 3.82. The molecule has 0 aliphatic heterocycles. The first-order valence-corrected chi connectivity index (χ1v) is 11.6. The number of nitrogens with two attached hydrogens (primary N) is 1. The highest BCUT2D eigenvalue weighted by molar-refractivity contribution is 6.01. The van der Waals surface area contributed by atoms with E-state index in [0.717, 1.165) is 5.56 Å². The van der Waals surface area contributed by atoms with Crippen LogP contribution in [-0.2, 0) is 9.53 Å². The fraction of sp³-hybridized carbons (Fsp3) is 0.214. The standard InChI is InChI=1S/C28H31N3O5/c1-19-10-13-22(14-11-19)30-28(34)36-27(21-6-5-7-23(18-21)35-17-16-32)20(2)12-15-26(33)31-25-9-4-3-8-24(25)29/h3-15,18,20,27,32H,16-17,29H2,1-2H3,(H,30,34)(H,31,33)/b15-12+/t20-,27-/m0/s1. The number of aliphatic hydroxyl groups excluding tert-OH is 1. The van der Waals surface area contributed by atoms with Gasteiger partial charge in [0.15, 0.2) is 0 Å². The van der Waals surface area contributed by atoms with E-state index >= 15 is 0 Å². The first-order chi connectivity index (χ1) is 17.4. The topological polar surface area (TPSA) is 123 Å². The lowest BCUT2D eigenvalue weighted by Gasteiger charge is -2.23. The Bertz CT molecular complexity index is 1190. The number of nitrogen functional groups attached to an aromatic ring is 1. The van der Waals surface area contributed by atoms with Crippen molar-refractivity contribution in [3.05, 3.63) is 96.1 Å². The van der Waals surface area contributed by atoms with Crippen LogP contribution in [-0.4, -0.2) is 30.3 Å². The molecule has 8 nitrogen and oxygen atoms in total. The second-order valence-corrected chi connectivity index (χ2v) is 8.26. The molecule has 0 fully saturated rings. The number of aryl methyl sites for hydroxylation is 1. The molecule has 3 rings (SSSR count). The molecule has 188 valence electrons. The third-order valence-electron chi connectivity index (χ3n) is 5.33. The predicted octanol–water partition coefficient (Wildman–Crippen LogP) is 5.07. The lowest BCUT2D eigenvalue weighted by Crippen LogP contribution is -2.21. The molecule has 0 spiro atoms. The van der Waals surface area contributed by atoms with E-state index in [1.165, 1.54) is 6.08 Å². The van der Waals surface area contributed by atoms with Gasteiger partial charge in [-0.15, -0.1) is 0 Å². The number of hydrogen-bond donors (Lipinski definition) is 4. The van der Waals surface area contributed by atoms with Gasteiger partial charge in [-0.1, -0.05) is 55.0 Å². The Morgan fingerprint density at radius 3 is 2.50 bits per heavy atom. The van der Waals surface area contributed by atoms with Gasteiger partial charge in [-0.05, 0) is 55.0 Å². The largest absolute Gasteiger partial charge is 0.491 e. The Labute approximate surface area is 210 Å². The van der Waals surface area contributed by atoms with Crippen molar-refractivity contribution in [1.29, 1.82) is 0 Å². The van der Waals surface area contributed by atoms with Crippen molar-refractivity contribution in [2.75, 3.05) is 29.6 Å². The molecule has 2 amide bonds. The van der Waals surface area contributed by atoms with Gasteiger partial charge >= 0.3 is 6.09 Å².